The fourth-order valence-electron chi connectivity index (χ4n) is 2.50. The van der Waals surface area contributed by atoms with E-state index >= 15 is 0 Å². The Morgan fingerprint density at radius 2 is 1.95 bits per heavy atom. The number of nitrogens with zero attached hydrogens (tertiary/aromatic N) is 1. The molecule has 21 heavy (non-hydrogen) atoms. The molecule has 1 unspecified atom stereocenters. The average Bonchev–Trinajstić information content (AvgIpc) is 2.91. The first-order chi connectivity index (χ1) is 10.1. The topological polar surface area (TPSA) is 38.5 Å². The number of rotatable bonds is 3. The lowest BCUT2D eigenvalue weighted by molar-refractivity contribution is 0.225. The van der Waals surface area contributed by atoms with E-state index in [0.717, 1.165) is 25.2 Å². The second kappa shape index (κ2) is 5.82. The van der Waals surface area contributed by atoms with Crippen LogP contribution in [-0.4, -0.2) is 19.2 Å². The third-order valence-corrected chi connectivity index (χ3v) is 3.88. The zero-order valence-electron chi connectivity index (χ0n) is 11.4. The van der Waals surface area contributed by atoms with Crippen molar-refractivity contribution in [3.05, 3.63) is 53.3 Å². The highest BCUT2D eigenvalue weighted by molar-refractivity contribution is 6.32. The normalized spacial score (nSPS) is 18.0. The molecule has 2 N–H and O–H groups in total. The molecule has 2 aromatic rings. The predicted molar refractivity (Wildman–Crippen MR) is 83.5 cm³/mol. The van der Waals surface area contributed by atoms with Crippen LogP contribution in [0.25, 0.3) is 0 Å². The molecule has 1 fully saturated rings. The number of ether oxygens (including phenoxy) is 1. The SMILES string of the molecule is Nc1ccc(OC2CCN(c3ccc(F)cc3)C2)c(Cl)c1. The van der Waals surface area contributed by atoms with Gasteiger partial charge in [0.2, 0.25) is 0 Å². The first kappa shape index (κ1) is 14.0. The van der Waals surface area contributed by atoms with Crippen molar-refractivity contribution in [3.63, 3.8) is 0 Å². The van der Waals surface area contributed by atoms with E-state index in [4.69, 9.17) is 22.1 Å². The molecular formula is C16H16ClFN2O. The number of hydrogen-bond donors (Lipinski definition) is 1. The molecule has 0 aromatic heterocycles. The second-order valence-corrected chi connectivity index (χ2v) is 5.55. The Labute approximate surface area is 128 Å². The molecule has 2 aromatic carbocycles. The summed E-state index contributed by atoms with van der Waals surface area (Å²) in [5, 5.41) is 0.523. The maximum Gasteiger partial charge on any atom is 0.138 e. The van der Waals surface area contributed by atoms with Gasteiger partial charge in [-0.1, -0.05) is 11.6 Å². The maximum absolute atomic E-state index is 12.9. The molecule has 1 aliphatic heterocycles. The van der Waals surface area contributed by atoms with Crippen molar-refractivity contribution in [1.82, 2.24) is 0 Å². The quantitative estimate of drug-likeness (QED) is 0.878. The molecule has 1 atom stereocenters. The molecule has 0 amide bonds. The van der Waals surface area contributed by atoms with Crippen LogP contribution in [0.1, 0.15) is 6.42 Å². The van der Waals surface area contributed by atoms with Crippen molar-refractivity contribution >= 4 is 23.0 Å². The molecule has 0 saturated carbocycles. The minimum atomic E-state index is -0.223. The largest absolute Gasteiger partial charge is 0.487 e. The Kier molecular flexibility index (Phi) is 3.88. The van der Waals surface area contributed by atoms with Gasteiger partial charge in [-0.05, 0) is 42.5 Å². The van der Waals surface area contributed by atoms with Crippen LogP contribution in [0.4, 0.5) is 15.8 Å². The molecule has 0 aliphatic carbocycles. The summed E-state index contributed by atoms with van der Waals surface area (Å²) in [6.45, 7) is 1.63. The molecule has 110 valence electrons. The van der Waals surface area contributed by atoms with Gasteiger partial charge < -0.3 is 15.4 Å². The fourth-order valence-corrected chi connectivity index (χ4v) is 2.74. The summed E-state index contributed by atoms with van der Waals surface area (Å²) < 4.78 is 18.9. The predicted octanol–water partition coefficient (Wildman–Crippen LogP) is 3.72. The number of anilines is 2. The number of nitrogens with two attached hydrogens (primary N) is 1. The van der Waals surface area contributed by atoms with Gasteiger partial charge in [0.05, 0.1) is 11.6 Å². The molecule has 0 spiro atoms. The summed E-state index contributed by atoms with van der Waals surface area (Å²) in [6, 6.07) is 11.8. The van der Waals surface area contributed by atoms with Gasteiger partial charge in [0.25, 0.3) is 0 Å². The number of halogens is 2. The van der Waals surface area contributed by atoms with Crippen LogP contribution in [0.15, 0.2) is 42.5 Å². The molecule has 5 heteroatoms. The molecule has 1 aliphatic rings. The molecule has 3 nitrogen and oxygen atoms in total. The summed E-state index contributed by atoms with van der Waals surface area (Å²) in [6.07, 6.45) is 0.967. The van der Waals surface area contributed by atoms with Crippen molar-refractivity contribution in [2.24, 2.45) is 0 Å². The Morgan fingerprint density at radius 1 is 1.19 bits per heavy atom. The number of hydrogen-bond acceptors (Lipinski definition) is 3. The van der Waals surface area contributed by atoms with Crippen LogP contribution in [0.5, 0.6) is 5.75 Å². The monoisotopic (exact) mass is 306 g/mol. The molecule has 3 rings (SSSR count). The summed E-state index contributed by atoms with van der Waals surface area (Å²) in [5.74, 6) is 0.427. The lowest BCUT2D eigenvalue weighted by atomic mass is 10.3. The van der Waals surface area contributed by atoms with E-state index in [2.05, 4.69) is 4.90 Å². The van der Waals surface area contributed by atoms with Crippen LogP contribution >= 0.6 is 11.6 Å². The smallest absolute Gasteiger partial charge is 0.138 e. The van der Waals surface area contributed by atoms with Crippen LogP contribution in [-0.2, 0) is 0 Å². The summed E-state index contributed by atoms with van der Waals surface area (Å²) in [5.41, 5.74) is 7.29. The lowest BCUT2D eigenvalue weighted by Crippen LogP contribution is -2.24. The van der Waals surface area contributed by atoms with Crippen LogP contribution < -0.4 is 15.4 Å². The van der Waals surface area contributed by atoms with E-state index in [9.17, 15) is 4.39 Å². The zero-order valence-corrected chi connectivity index (χ0v) is 12.2. The molecule has 1 saturated heterocycles. The fraction of sp³-hybridized carbons (Fsp3) is 0.250. The molecule has 1 heterocycles. The number of benzene rings is 2. The minimum absolute atomic E-state index is 0.0659. The standard InChI is InChI=1S/C16H16ClFN2O/c17-15-9-12(19)3-6-16(15)21-14-7-8-20(10-14)13-4-1-11(18)2-5-13/h1-6,9,14H,7-8,10,19H2. The van der Waals surface area contributed by atoms with Gasteiger partial charge in [-0.15, -0.1) is 0 Å². The van der Waals surface area contributed by atoms with E-state index < -0.39 is 0 Å². The van der Waals surface area contributed by atoms with Gasteiger partial charge in [0.1, 0.15) is 17.7 Å². The Balaban J connectivity index is 1.65. The maximum atomic E-state index is 12.9. The number of nitrogen functional groups attached to an aromatic ring is 1. The summed E-state index contributed by atoms with van der Waals surface area (Å²) in [7, 11) is 0. The van der Waals surface area contributed by atoms with E-state index in [-0.39, 0.29) is 11.9 Å². The third kappa shape index (κ3) is 3.22. The first-order valence-electron chi connectivity index (χ1n) is 6.84. The van der Waals surface area contributed by atoms with Crippen molar-refractivity contribution in [2.75, 3.05) is 23.7 Å². The minimum Gasteiger partial charge on any atom is -0.487 e. The highest BCUT2D eigenvalue weighted by atomic mass is 35.5. The van der Waals surface area contributed by atoms with Crippen LogP contribution in [0, 0.1) is 5.82 Å². The van der Waals surface area contributed by atoms with E-state index in [0.29, 0.717) is 16.5 Å². The molecular weight excluding hydrogens is 291 g/mol. The van der Waals surface area contributed by atoms with E-state index in [1.165, 1.54) is 12.1 Å². The van der Waals surface area contributed by atoms with Gasteiger partial charge in [-0.3, -0.25) is 0 Å². The van der Waals surface area contributed by atoms with Gasteiger partial charge in [-0.2, -0.15) is 0 Å². The zero-order chi connectivity index (χ0) is 14.8. The van der Waals surface area contributed by atoms with E-state index in [1.807, 2.05) is 0 Å². The lowest BCUT2D eigenvalue weighted by Gasteiger charge is -2.19. The Bertz CT molecular complexity index is 633. The third-order valence-electron chi connectivity index (χ3n) is 3.59. The highest BCUT2D eigenvalue weighted by Crippen LogP contribution is 2.30. The van der Waals surface area contributed by atoms with Gasteiger partial charge in [0, 0.05) is 24.3 Å². The van der Waals surface area contributed by atoms with Gasteiger partial charge in [0.15, 0.2) is 0 Å². The van der Waals surface area contributed by atoms with Crippen molar-refractivity contribution in [1.29, 1.82) is 0 Å². The Morgan fingerprint density at radius 3 is 2.67 bits per heavy atom. The van der Waals surface area contributed by atoms with Crippen molar-refractivity contribution in [3.8, 4) is 5.75 Å². The Hall–Kier alpha value is -1.94. The summed E-state index contributed by atoms with van der Waals surface area (Å²) >= 11 is 6.12. The average molecular weight is 307 g/mol. The molecule has 0 radical (unpaired) electrons. The first-order valence-corrected chi connectivity index (χ1v) is 7.22. The summed E-state index contributed by atoms with van der Waals surface area (Å²) in [4.78, 5) is 2.18. The molecule has 0 bridgehead atoms. The van der Waals surface area contributed by atoms with Crippen molar-refractivity contribution < 1.29 is 9.13 Å². The van der Waals surface area contributed by atoms with Crippen LogP contribution in [0.3, 0.4) is 0 Å². The van der Waals surface area contributed by atoms with Crippen LogP contribution in [0.2, 0.25) is 5.02 Å². The van der Waals surface area contributed by atoms with E-state index in [1.54, 1.807) is 30.3 Å². The van der Waals surface area contributed by atoms with Gasteiger partial charge in [-0.25, -0.2) is 4.39 Å². The van der Waals surface area contributed by atoms with Crippen molar-refractivity contribution in [2.45, 2.75) is 12.5 Å². The highest BCUT2D eigenvalue weighted by Gasteiger charge is 2.24. The second-order valence-electron chi connectivity index (χ2n) is 5.14. The van der Waals surface area contributed by atoms with Gasteiger partial charge >= 0.3 is 0 Å².